The second kappa shape index (κ2) is 4.00. The Morgan fingerprint density at radius 1 is 1.55 bits per heavy atom. The summed E-state index contributed by atoms with van der Waals surface area (Å²) in [5.74, 6) is 0. The molecule has 0 aliphatic heterocycles. The first-order chi connectivity index (χ1) is 5.33. The Morgan fingerprint density at radius 3 is 2.91 bits per heavy atom. The van der Waals surface area contributed by atoms with Crippen LogP contribution in [-0.4, -0.2) is 32.9 Å². The molecule has 0 radical (unpaired) electrons. The van der Waals surface area contributed by atoms with Crippen LogP contribution >= 0.6 is 0 Å². The fourth-order valence-corrected chi connectivity index (χ4v) is 0.745. The van der Waals surface area contributed by atoms with Gasteiger partial charge in [-0.25, -0.2) is 9.97 Å². The van der Waals surface area contributed by atoms with Crippen molar-refractivity contribution < 1.29 is 10.2 Å². The SMILES string of the molecule is OCC(O)Cc1ccncn1. The monoisotopic (exact) mass is 154 g/mol. The Labute approximate surface area is 64.6 Å². The molecule has 0 bridgehead atoms. The average Bonchev–Trinajstić information content (AvgIpc) is 2.06. The third-order valence-electron chi connectivity index (χ3n) is 1.30. The third-order valence-corrected chi connectivity index (χ3v) is 1.30. The summed E-state index contributed by atoms with van der Waals surface area (Å²) in [6.07, 6.45) is 2.68. The molecule has 60 valence electrons. The molecule has 4 heteroatoms. The number of aliphatic hydroxyl groups is 2. The Morgan fingerprint density at radius 2 is 2.36 bits per heavy atom. The molecular formula is C7H10N2O2. The molecule has 0 amide bonds. The number of rotatable bonds is 3. The Hall–Kier alpha value is -1.00. The van der Waals surface area contributed by atoms with Gasteiger partial charge in [0.2, 0.25) is 0 Å². The van der Waals surface area contributed by atoms with E-state index in [0.717, 1.165) is 5.69 Å². The molecule has 1 heterocycles. The topological polar surface area (TPSA) is 66.2 Å². The van der Waals surface area contributed by atoms with E-state index in [4.69, 9.17) is 10.2 Å². The highest BCUT2D eigenvalue weighted by Gasteiger charge is 2.03. The molecule has 4 nitrogen and oxygen atoms in total. The van der Waals surface area contributed by atoms with E-state index >= 15 is 0 Å². The van der Waals surface area contributed by atoms with E-state index in [0.29, 0.717) is 6.42 Å². The summed E-state index contributed by atoms with van der Waals surface area (Å²) in [5.41, 5.74) is 0.738. The first kappa shape index (κ1) is 8.10. The quantitative estimate of drug-likeness (QED) is 0.608. The van der Waals surface area contributed by atoms with Crippen LogP contribution < -0.4 is 0 Å². The van der Waals surface area contributed by atoms with E-state index in [1.807, 2.05) is 0 Å². The van der Waals surface area contributed by atoms with E-state index < -0.39 is 6.10 Å². The molecular weight excluding hydrogens is 144 g/mol. The minimum absolute atomic E-state index is 0.232. The summed E-state index contributed by atoms with van der Waals surface area (Å²) in [5, 5.41) is 17.5. The fourth-order valence-electron chi connectivity index (χ4n) is 0.745. The van der Waals surface area contributed by atoms with E-state index in [1.54, 1.807) is 12.3 Å². The molecule has 0 saturated heterocycles. The summed E-state index contributed by atoms with van der Waals surface area (Å²) < 4.78 is 0. The summed E-state index contributed by atoms with van der Waals surface area (Å²) >= 11 is 0. The summed E-state index contributed by atoms with van der Waals surface area (Å²) in [4.78, 5) is 7.61. The van der Waals surface area contributed by atoms with Crippen LogP contribution in [0, 0.1) is 0 Å². The van der Waals surface area contributed by atoms with Crippen molar-refractivity contribution in [1.29, 1.82) is 0 Å². The molecule has 0 spiro atoms. The van der Waals surface area contributed by atoms with Gasteiger partial charge in [0.1, 0.15) is 6.33 Å². The molecule has 0 aliphatic carbocycles. The van der Waals surface area contributed by atoms with Gasteiger partial charge in [-0.3, -0.25) is 0 Å². The predicted molar refractivity (Wildman–Crippen MR) is 38.8 cm³/mol. The van der Waals surface area contributed by atoms with Crippen molar-refractivity contribution in [3.63, 3.8) is 0 Å². The van der Waals surface area contributed by atoms with Gasteiger partial charge in [-0.1, -0.05) is 0 Å². The number of nitrogens with zero attached hydrogens (tertiary/aromatic N) is 2. The van der Waals surface area contributed by atoms with E-state index in [2.05, 4.69) is 9.97 Å². The van der Waals surface area contributed by atoms with Gasteiger partial charge >= 0.3 is 0 Å². The van der Waals surface area contributed by atoms with Crippen molar-refractivity contribution in [2.45, 2.75) is 12.5 Å². The number of aliphatic hydroxyl groups excluding tert-OH is 2. The zero-order chi connectivity index (χ0) is 8.10. The van der Waals surface area contributed by atoms with Crippen LogP contribution in [0.5, 0.6) is 0 Å². The van der Waals surface area contributed by atoms with Crippen LogP contribution in [0.25, 0.3) is 0 Å². The molecule has 1 unspecified atom stereocenters. The maximum atomic E-state index is 9.00. The smallest absolute Gasteiger partial charge is 0.115 e. The average molecular weight is 154 g/mol. The maximum Gasteiger partial charge on any atom is 0.115 e. The molecule has 1 aromatic heterocycles. The van der Waals surface area contributed by atoms with Crippen molar-refractivity contribution >= 4 is 0 Å². The van der Waals surface area contributed by atoms with Crippen molar-refractivity contribution in [2.75, 3.05) is 6.61 Å². The van der Waals surface area contributed by atoms with E-state index in [9.17, 15) is 0 Å². The summed E-state index contributed by atoms with van der Waals surface area (Å²) in [6, 6.07) is 1.71. The van der Waals surface area contributed by atoms with Crippen molar-refractivity contribution in [3.05, 3.63) is 24.3 Å². The van der Waals surface area contributed by atoms with Gasteiger partial charge in [0, 0.05) is 18.3 Å². The van der Waals surface area contributed by atoms with Gasteiger partial charge in [0.05, 0.1) is 12.7 Å². The first-order valence-electron chi connectivity index (χ1n) is 3.36. The lowest BCUT2D eigenvalue weighted by molar-refractivity contribution is 0.0947. The zero-order valence-corrected chi connectivity index (χ0v) is 6.01. The van der Waals surface area contributed by atoms with Gasteiger partial charge in [0.15, 0.2) is 0 Å². The van der Waals surface area contributed by atoms with Crippen LogP contribution in [0.15, 0.2) is 18.6 Å². The number of hydrogen-bond acceptors (Lipinski definition) is 4. The standard InChI is InChI=1S/C7H10N2O2/c10-4-7(11)3-6-1-2-8-5-9-6/h1-2,5,7,10-11H,3-4H2. The van der Waals surface area contributed by atoms with Gasteiger partial charge in [0.25, 0.3) is 0 Å². The second-order valence-electron chi connectivity index (χ2n) is 2.24. The van der Waals surface area contributed by atoms with Crippen molar-refractivity contribution in [2.24, 2.45) is 0 Å². The number of aromatic nitrogens is 2. The van der Waals surface area contributed by atoms with Gasteiger partial charge in [-0.2, -0.15) is 0 Å². The van der Waals surface area contributed by atoms with Crippen molar-refractivity contribution in [1.82, 2.24) is 9.97 Å². The highest BCUT2D eigenvalue weighted by molar-refractivity contribution is 4.99. The first-order valence-corrected chi connectivity index (χ1v) is 3.36. The molecule has 1 atom stereocenters. The highest BCUT2D eigenvalue weighted by atomic mass is 16.3. The largest absolute Gasteiger partial charge is 0.394 e. The molecule has 0 aromatic carbocycles. The van der Waals surface area contributed by atoms with E-state index in [1.165, 1.54) is 6.33 Å². The van der Waals surface area contributed by atoms with Gasteiger partial charge in [-0.05, 0) is 6.07 Å². The third kappa shape index (κ3) is 2.61. The fraction of sp³-hybridized carbons (Fsp3) is 0.429. The van der Waals surface area contributed by atoms with Gasteiger partial charge < -0.3 is 10.2 Å². The Kier molecular flexibility index (Phi) is 2.95. The summed E-state index contributed by atoms with van der Waals surface area (Å²) in [6.45, 7) is -0.232. The zero-order valence-electron chi connectivity index (χ0n) is 6.01. The minimum Gasteiger partial charge on any atom is -0.394 e. The molecule has 2 N–H and O–H groups in total. The van der Waals surface area contributed by atoms with Crippen LogP contribution in [0.3, 0.4) is 0 Å². The van der Waals surface area contributed by atoms with Crippen LogP contribution in [0.1, 0.15) is 5.69 Å². The van der Waals surface area contributed by atoms with E-state index in [-0.39, 0.29) is 6.61 Å². The lowest BCUT2D eigenvalue weighted by Gasteiger charge is -2.04. The predicted octanol–water partition coefficient (Wildman–Crippen LogP) is -0.628. The normalized spacial score (nSPS) is 12.9. The molecule has 1 rings (SSSR count). The van der Waals surface area contributed by atoms with Crippen LogP contribution in [0.4, 0.5) is 0 Å². The molecule has 11 heavy (non-hydrogen) atoms. The highest BCUT2D eigenvalue weighted by Crippen LogP contribution is 1.96. The second-order valence-corrected chi connectivity index (χ2v) is 2.24. The van der Waals surface area contributed by atoms with Crippen LogP contribution in [0.2, 0.25) is 0 Å². The van der Waals surface area contributed by atoms with Crippen LogP contribution in [-0.2, 0) is 6.42 Å². The lowest BCUT2D eigenvalue weighted by Crippen LogP contribution is -2.15. The molecule has 1 aromatic rings. The lowest BCUT2D eigenvalue weighted by atomic mass is 10.2. The van der Waals surface area contributed by atoms with Gasteiger partial charge in [-0.15, -0.1) is 0 Å². The Balaban J connectivity index is 2.51. The molecule has 0 aliphatic rings. The van der Waals surface area contributed by atoms with Crippen molar-refractivity contribution in [3.8, 4) is 0 Å². The maximum absolute atomic E-state index is 9.00. The minimum atomic E-state index is -0.718. The molecule has 0 saturated carbocycles. The number of hydrogen-bond donors (Lipinski definition) is 2. The summed E-state index contributed by atoms with van der Waals surface area (Å²) in [7, 11) is 0. The Bertz CT molecular complexity index is 203. The molecule has 0 fully saturated rings.